The molecule has 25 heavy (non-hydrogen) atoms. The Kier molecular flexibility index (Phi) is 4.12. The van der Waals surface area contributed by atoms with Gasteiger partial charge >= 0.3 is 0 Å². The smallest absolute Gasteiger partial charge is 0.272 e. The van der Waals surface area contributed by atoms with Gasteiger partial charge in [-0.2, -0.15) is 5.10 Å². The third-order valence-corrected chi connectivity index (χ3v) is 5.66. The summed E-state index contributed by atoms with van der Waals surface area (Å²) in [6.45, 7) is 3.80. The van der Waals surface area contributed by atoms with Crippen molar-refractivity contribution in [2.45, 2.75) is 37.7 Å². The van der Waals surface area contributed by atoms with Crippen LogP contribution in [-0.4, -0.2) is 40.3 Å². The molecule has 1 aliphatic carbocycles. The molecule has 1 aromatic carbocycles. The van der Waals surface area contributed by atoms with E-state index in [0.717, 1.165) is 29.7 Å². The molecule has 5 nitrogen and oxygen atoms in total. The second-order valence-electron chi connectivity index (χ2n) is 7.37. The zero-order chi connectivity index (χ0) is 17.4. The van der Waals surface area contributed by atoms with Crippen LogP contribution in [0.25, 0.3) is 0 Å². The monoisotopic (exact) mass is 339 g/mol. The molecule has 1 atom stereocenters. The number of hydrogen-bond donors (Lipinski definition) is 0. The third kappa shape index (κ3) is 2.86. The van der Waals surface area contributed by atoms with E-state index in [1.54, 1.807) is 4.68 Å². The average molecular weight is 339 g/mol. The Balaban J connectivity index is 1.60. The van der Waals surface area contributed by atoms with Gasteiger partial charge in [0.05, 0.1) is 19.3 Å². The molecule has 0 spiro atoms. The molecule has 2 aromatic rings. The molecule has 2 fully saturated rings. The molecule has 0 radical (unpaired) electrons. The quantitative estimate of drug-likeness (QED) is 0.863. The summed E-state index contributed by atoms with van der Waals surface area (Å²) in [6.07, 6.45) is 5.46. The van der Waals surface area contributed by atoms with Crippen LogP contribution in [0.15, 0.2) is 36.5 Å². The van der Waals surface area contributed by atoms with Crippen molar-refractivity contribution in [3.63, 3.8) is 0 Å². The molecule has 1 aliphatic heterocycles. The summed E-state index contributed by atoms with van der Waals surface area (Å²) in [6, 6.07) is 10.2. The lowest BCUT2D eigenvalue weighted by Gasteiger charge is -2.41. The molecule has 1 aromatic heterocycles. The highest BCUT2D eigenvalue weighted by atomic mass is 16.5. The van der Waals surface area contributed by atoms with E-state index in [1.807, 2.05) is 36.3 Å². The molecule has 132 valence electrons. The molecule has 5 heteroatoms. The number of hydrogen-bond acceptors (Lipinski definition) is 3. The second kappa shape index (κ2) is 6.30. The maximum atomic E-state index is 13.3. The first-order valence-corrected chi connectivity index (χ1v) is 9.09. The number of carbonyl (C=O) groups is 1. The Bertz CT molecular complexity index is 767. The largest absolute Gasteiger partial charge is 0.367 e. The summed E-state index contributed by atoms with van der Waals surface area (Å²) >= 11 is 0. The molecule has 0 bridgehead atoms. The molecule has 1 amide bonds. The molecule has 1 saturated carbocycles. The third-order valence-electron chi connectivity index (χ3n) is 5.66. The topological polar surface area (TPSA) is 47.4 Å². The van der Waals surface area contributed by atoms with Gasteiger partial charge in [0.15, 0.2) is 0 Å². The van der Waals surface area contributed by atoms with Crippen LogP contribution in [0.5, 0.6) is 0 Å². The Labute approximate surface area is 148 Å². The average Bonchev–Trinajstić information content (AvgIpc) is 2.95. The molecule has 2 aliphatic rings. The van der Waals surface area contributed by atoms with Crippen molar-refractivity contribution < 1.29 is 9.53 Å². The van der Waals surface area contributed by atoms with Gasteiger partial charge in [-0.25, -0.2) is 0 Å². The fraction of sp³-hybridized carbons (Fsp3) is 0.500. The number of morpholine rings is 1. The second-order valence-corrected chi connectivity index (χ2v) is 7.37. The maximum absolute atomic E-state index is 13.3. The van der Waals surface area contributed by atoms with Gasteiger partial charge in [-0.3, -0.25) is 9.48 Å². The summed E-state index contributed by atoms with van der Waals surface area (Å²) in [5.41, 5.74) is 2.51. The Morgan fingerprint density at radius 2 is 2.04 bits per heavy atom. The van der Waals surface area contributed by atoms with Gasteiger partial charge in [0, 0.05) is 19.2 Å². The van der Waals surface area contributed by atoms with Gasteiger partial charge in [0.1, 0.15) is 11.3 Å². The lowest BCUT2D eigenvalue weighted by molar-refractivity contribution is -0.0932. The van der Waals surface area contributed by atoms with E-state index in [0.29, 0.717) is 25.6 Å². The van der Waals surface area contributed by atoms with Crippen LogP contribution in [0.1, 0.15) is 53.7 Å². The Morgan fingerprint density at radius 1 is 1.28 bits per heavy atom. The molecule has 1 unspecified atom stereocenters. The molecular formula is C20H25N3O2. The zero-order valence-corrected chi connectivity index (χ0v) is 14.9. The van der Waals surface area contributed by atoms with E-state index in [4.69, 9.17) is 4.74 Å². The number of rotatable bonds is 3. The van der Waals surface area contributed by atoms with Crippen molar-refractivity contribution in [1.29, 1.82) is 0 Å². The minimum Gasteiger partial charge on any atom is -0.367 e. The number of carbonyl (C=O) groups excluding carboxylic acids is 1. The first kappa shape index (κ1) is 16.3. The van der Waals surface area contributed by atoms with E-state index < -0.39 is 5.60 Å². The van der Waals surface area contributed by atoms with Gasteiger partial charge in [-0.05, 0) is 31.2 Å². The summed E-state index contributed by atoms with van der Waals surface area (Å²) in [7, 11) is 1.87. The van der Waals surface area contributed by atoms with Crippen LogP contribution in [0.3, 0.4) is 0 Å². The van der Waals surface area contributed by atoms with E-state index in [-0.39, 0.29) is 5.91 Å². The number of nitrogens with zero attached hydrogens (tertiary/aromatic N) is 3. The SMILES string of the molecule is Cn1ncc(C2CCC2)c1C(=O)N1CCOC(C)(c2ccccc2)C1. The molecule has 4 rings (SSSR count). The minimum atomic E-state index is -0.468. The fourth-order valence-corrected chi connectivity index (χ4v) is 3.89. The number of benzene rings is 1. The highest BCUT2D eigenvalue weighted by Gasteiger charge is 2.38. The summed E-state index contributed by atoms with van der Waals surface area (Å²) < 4.78 is 7.81. The van der Waals surface area contributed by atoms with Crippen molar-refractivity contribution in [3.05, 3.63) is 53.3 Å². The number of aryl methyl sites for hydroxylation is 1. The highest BCUT2D eigenvalue weighted by molar-refractivity contribution is 5.94. The Morgan fingerprint density at radius 3 is 2.72 bits per heavy atom. The van der Waals surface area contributed by atoms with Crippen LogP contribution < -0.4 is 0 Å². The van der Waals surface area contributed by atoms with E-state index in [2.05, 4.69) is 24.2 Å². The van der Waals surface area contributed by atoms with Crippen molar-refractivity contribution >= 4 is 5.91 Å². The van der Waals surface area contributed by atoms with Gasteiger partial charge in [-0.1, -0.05) is 36.8 Å². The maximum Gasteiger partial charge on any atom is 0.272 e. The van der Waals surface area contributed by atoms with Crippen LogP contribution in [0.4, 0.5) is 0 Å². The first-order valence-electron chi connectivity index (χ1n) is 9.09. The van der Waals surface area contributed by atoms with Crippen molar-refractivity contribution in [2.24, 2.45) is 7.05 Å². The van der Waals surface area contributed by atoms with Gasteiger partial charge in [0.2, 0.25) is 0 Å². The summed E-state index contributed by atoms with van der Waals surface area (Å²) in [5.74, 6) is 0.571. The molecular weight excluding hydrogens is 314 g/mol. The van der Waals surface area contributed by atoms with Crippen LogP contribution >= 0.6 is 0 Å². The molecule has 0 N–H and O–H groups in total. The van der Waals surface area contributed by atoms with Crippen molar-refractivity contribution in [2.75, 3.05) is 19.7 Å². The van der Waals surface area contributed by atoms with Gasteiger partial charge < -0.3 is 9.64 Å². The predicted octanol–water partition coefficient (Wildman–Crippen LogP) is 3.08. The number of ether oxygens (including phenoxy) is 1. The van der Waals surface area contributed by atoms with E-state index in [9.17, 15) is 4.79 Å². The Hall–Kier alpha value is -2.14. The summed E-state index contributed by atoms with van der Waals surface area (Å²) in [5, 5.41) is 4.37. The van der Waals surface area contributed by atoms with E-state index in [1.165, 1.54) is 6.42 Å². The lowest BCUT2D eigenvalue weighted by atomic mass is 9.80. The number of amides is 1. The summed E-state index contributed by atoms with van der Waals surface area (Å²) in [4.78, 5) is 15.2. The van der Waals surface area contributed by atoms with E-state index >= 15 is 0 Å². The fourth-order valence-electron chi connectivity index (χ4n) is 3.89. The van der Waals surface area contributed by atoms with Gasteiger partial charge in [0.25, 0.3) is 5.91 Å². The van der Waals surface area contributed by atoms with Crippen LogP contribution in [0.2, 0.25) is 0 Å². The first-order chi connectivity index (χ1) is 12.1. The van der Waals surface area contributed by atoms with Crippen molar-refractivity contribution in [3.8, 4) is 0 Å². The molecule has 2 heterocycles. The zero-order valence-electron chi connectivity index (χ0n) is 14.9. The predicted molar refractivity (Wildman–Crippen MR) is 95.4 cm³/mol. The molecule has 1 saturated heterocycles. The van der Waals surface area contributed by atoms with Gasteiger partial charge in [-0.15, -0.1) is 0 Å². The normalized spacial score (nSPS) is 24.2. The standard InChI is InChI=1S/C20H25N3O2/c1-20(16-9-4-3-5-10-16)14-23(11-12-25-20)19(24)18-17(13-21-22(18)2)15-7-6-8-15/h3-5,9-10,13,15H,6-8,11-12,14H2,1-2H3. The van der Waals surface area contributed by atoms with Crippen LogP contribution in [-0.2, 0) is 17.4 Å². The van der Waals surface area contributed by atoms with Crippen LogP contribution in [0, 0.1) is 0 Å². The number of aromatic nitrogens is 2. The highest BCUT2D eigenvalue weighted by Crippen LogP contribution is 2.38. The minimum absolute atomic E-state index is 0.0763. The van der Waals surface area contributed by atoms with Crippen molar-refractivity contribution in [1.82, 2.24) is 14.7 Å². The lowest BCUT2D eigenvalue weighted by Crippen LogP contribution is -2.51.